The van der Waals surface area contributed by atoms with Crippen molar-refractivity contribution in [3.05, 3.63) is 18.2 Å². The molecule has 0 spiro atoms. The van der Waals surface area contributed by atoms with Gasteiger partial charge in [-0.3, -0.25) is 0 Å². The molecule has 1 aliphatic rings. The zero-order valence-electron chi connectivity index (χ0n) is 13.0. The average Bonchev–Trinajstić information content (AvgIpc) is 2.66. The summed E-state index contributed by atoms with van der Waals surface area (Å²) in [5.41, 5.74) is 0.0287. The largest absolute Gasteiger partial charge is 0.490 e. The highest BCUT2D eigenvalue weighted by atomic mass is 32.2. The van der Waals surface area contributed by atoms with Gasteiger partial charge in [-0.15, -0.1) is 11.8 Å². The van der Waals surface area contributed by atoms with Crippen LogP contribution in [-0.4, -0.2) is 42.3 Å². The van der Waals surface area contributed by atoms with E-state index in [1.807, 2.05) is 18.2 Å². The van der Waals surface area contributed by atoms with Crippen molar-refractivity contribution in [2.45, 2.75) is 43.7 Å². The molecule has 0 saturated carbocycles. The lowest BCUT2D eigenvalue weighted by Gasteiger charge is -2.22. The molecule has 5 heteroatoms. The van der Waals surface area contributed by atoms with Gasteiger partial charge >= 0.3 is 0 Å². The number of thioether (sulfide) groups is 1. The lowest BCUT2D eigenvalue weighted by molar-refractivity contribution is 0.183. The molecule has 0 saturated heterocycles. The summed E-state index contributed by atoms with van der Waals surface area (Å²) in [5.74, 6) is 2.27. The number of aliphatic hydroxyl groups excluding tert-OH is 1. The van der Waals surface area contributed by atoms with Crippen LogP contribution in [0.5, 0.6) is 11.5 Å². The van der Waals surface area contributed by atoms with Gasteiger partial charge in [0.15, 0.2) is 11.5 Å². The summed E-state index contributed by atoms with van der Waals surface area (Å²) in [6.07, 6.45) is 0.541. The molecule has 0 aliphatic carbocycles. The molecule has 1 unspecified atom stereocenters. The number of rotatable bonds is 5. The van der Waals surface area contributed by atoms with E-state index < -0.39 is 0 Å². The van der Waals surface area contributed by atoms with E-state index >= 15 is 0 Å². The van der Waals surface area contributed by atoms with E-state index in [4.69, 9.17) is 9.47 Å². The molecular weight excluding hydrogens is 286 g/mol. The third-order valence-corrected chi connectivity index (χ3v) is 4.17. The van der Waals surface area contributed by atoms with E-state index in [-0.39, 0.29) is 11.6 Å². The van der Waals surface area contributed by atoms with Crippen molar-refractivity contribution in [2.24, 2.45) is 0 Å². The lowest BCUT2D eigenvalue weighted by Crippen LogP contribution is -2.41. The summed E-state index contributed by atoms with van der Waals surface area (Å²) in [7, 11) is 0. The number of ether oxygens (including phenoxy) is 2. The van der Waals surface area contributed by atoms with E-state index in [9.17, 15) is 5.11 Å². The highest BCUT2D eigenvalue weighted by molar-refractivity contribution is 7.99. The summed E-state index contributed by atoms with van der Waals surface area (Å²) in [5, 5.41) is 13.3. The predicted molar refractivity (Wildman–Crippen MR) is 86.5 cm³/mol. The predicted octanol–water partition coefficient (Wildman–Crippen LogP) is 2.69. The van der Waals surface area contributed by atoms with Crippen LogP contribution in [0.3, 0.4) is 0 Å². The van der Waals surface area contributed by atoms with Gasteiger partial charge < -0.3 is 19.9 Å². The number of nitrogens with one attached hydrogen (secondary N) is 1. The number of benzene rings is 1. The molecule has 1 aromatic carbocycles. The van der Waals surface area contributed by atoms with Crippen LogP contribution in [-0.2, 0) is 0 Å². The maximum Gasteiger partial charge on any atom is 0.162 e. The van der Waals surface area contributed by atoms with Gasteiger partial charge in [0.05, 0.1) is 19.3 Å². The van der Waals surface area contributed by atoms with Crippen molar-refractivity contribution in [3.63, 3.8) is 0 Å². The van der Waals surface area contributed by atoms with Crippen LogP contribution in [0, 0.1) is 0 Å². The maximum absolute atomic E-state index is 10.0. The van der Waals surface area contributed by atoms with Crippen LogP contribution in [0.4, 0.5) is 0 Å². The first-order valence-corrected chi connectivity index (χ1v) is 8.38. The Labute approximate surface area is 131 Å². The zero-order valence-corrected chi connectivity index (χ0v) is 13.8. The smallest absolute Gasteiger partial charge is 0.162 e. The van der Waals surface area contributed by atoms with Crippen molar-refractivity contribution in [1.29, 1.82) is 0 Å². The molecule has 1 aromatic rings. The number of fused-ring (bicyclic) bond motifs is 1. The minimum Gasteiger partial charge on any atom is -0.490 e. The van der Waals surface area contributed by atoms with Gasteiger partial charge in [-0.2, -0.15) is 0 Å². The van der Waals surface area contributed by atoms with Crippen LogP contribution in [0.25, 0.3) is 0 Å². The third kappa shape index (κ3) is 5.77. The Kier molecular flexibility index (Phi) is 5.79. The summed E-state index contributed by atoms with van der Waals surface area (Å²) in [4.78, 5) is 1.09. The number of hydrogen-bond donors (Lipinski definition) is 2. The summed E-state index contributed by atoms with van der Waals surface area (Å²) >= 11 is 1.63. The second kappa shape index (κ2) is 7.38. The zero-order chi connectivity index (χ0) is 15.3. The van der Waals surface area contributed by atoms with Crippen LogP contribution in [0.2, 0.25) is 0 Å². The highest BCUT2D eigenvalue weighted by Crippen LogP contribution is 2.34. The fourth-order valence-corrected chi connectivity index (χ4v) is 2.77. The molecule has 21 heavy (non-hydrogen) atoms. The molecule has 4 nitrogen and oxygen atoms in total. The minimum atomic E-state index is -0.370. The molecule has 0 radical (unpaired) electrons. The normalized spacial score (nSPS) is 16.4. The topological polar surface area (TPSA) is 50.7 Å². The highest BCUT2D eigenvalue weighted by Gasteiger charge is 2.14. The van der Waals surface area contributed by atoms with Gasteiger partial charge in [-0.1, -0.05) is 0 Å². The fraction of sp³-hybridized carbons (Fsp3) is 0.625. The van der Waals surface area contributed by atoms with Crippen molar-refractivity contribution in [1.82, 2.24) is 5.32 Å². The van der Waals surface area contributed by atoms with E-state index in [1.54, 1.807) is 11.8 Å². The van der Waals surface area contributed by atoms with E-state index in [0.717, 1.165) is 22.8 Å². The average molecular weight is 311 g/mol. The van der Waals surface area contributed by atoms with Crippen LogP contribution in [0.15, 0.2) is 23.1 Å². The summed E-state index contributed by atoms with van der Waals surface area (Å²) < 4.78 is 11.3. The fourth-order valence-electron chi connectivity index (χ4n) is 1.91. The lowest BCUT2D eigenvalue weighted by atomic mass is 10.1. The second-order valence-electron chi connectivity index (χ2n) is 6.25. The molecule has 1 aliphatic heterocycles. The van der Waals surface area contributed by atoms with E-state index in [0.29, 0.717) is 25.5 Å². The third-order valence-electron chi connectivity index (χ3n) is 3.03. The first-order valence-electron chi connectivity index (χ1n) is 7.39. The van der Waals surface area contributed by atoms with Gasteiger partial charge in [-0.05, 0) is 39.0 Å². The van der Waals surface area contributed by atoms with Crippen molar-refractivity contribution in [3.8, 4) is 11.5 Å². The quantitative estimate of drug-likeness (QED) is 0.819. The standard InChI is InChI=1S/C16H25NO3S/c1-16(2,3)17-10-12(18)11-21-13-5-6-14-15(9-13)20-8-4-7-19-14/h5-6,9,12,17-18H,4,7-8,10-11H2,1-3H3. The second-order valence-corrected chi connectivity index (χ2v) is 7.35. The van der Waals surface area contributed by atoms with Gasteiger partial charge in [0, 0.05) is 29.2 Å². The van der Waals surface area contributed by atoms with Crippen LogP contribution >= 0.6 is 11.8 Å². The molecule has 0 aromatic heterocycles. The molecule has 2 N–H and O–H groups in total. The van der Waals surface area contributed by atoms with Crippen LogP contribution in [0.1, 0.15) is 27.2 Å². The summed E-state index contributed by atoms with van der Waals surface area (Å²) in [6.45, 7) is 8.28. The van der Waals surface area contributed by atoms with Crippen molar-refractivity contribution < 1.29 is 14.6 Å². The minimum absolute atomic E-state index is 0.0287. The van der Waals surface area contributed by atoms with E-state index in [2.05, 4.69) is 26.1 Å². The number of hydrogen-bond acceptors (Lipinski definition) is 5. The van der Waals surface area contributed by atoms with Crippen LogP contribution < -0.4 is 14.8 Å². The molecule has 0 bridgehead atoms. The number of aliphatic hydroxyl groups is 1. The molecule has 0 fully saturated rings. The van der Waals surface area contributed by atoms with Crippen molar-refractivity contribution >= 4 is 11.8 Å². The Hall–Kier alpha value is -0.910. The van der Waals surface area contributed by atoms with Crippen molar-refractivity contribution in [2.75, 3.05) is 25.5 Å². The Morgan fingerprint density at radius 3 is 2.67 bits per heavy atom. The van der Waals surface area contributed by atoms with Gasteiger partial charge in [0.1, 0.15) is 0 Å². The molecular formula is C16H25NO3S. The molecule has 1 atom stereocenters. The van der Waals surface area contributed by atoms with Gasteiger partial charge in [0.2, 0.25) is 0 Å². The first-order chi connectivity index (χ1) is 9.94. The SMILES string of the molecule is CC(C)(C)NCC(O)CSc1ccc2c(c1)OCCCO2. The molecule has 118 valence electrons. The summed E-state index contributed by atoms with van der Waals surface area (Å²) in [6, 6.07) is 5.96. The van der Waals surface area contributed by atoms with E-state index in [1.165, 1.54) is 0 Å². The molecule has 0 amide bonds. The monoisotopic (exact) mass is 311 g/mol. The number of β-amino-alcohol motifs (C(OH)–C–C–N with tert-alkyl or cyclic N) is 1. The Balaban J connectivity index is 1.84. The first kappa shape index (κ1) is 16.5. The molecule has 2 rings (SSSR count). The molecule has 1 heterocycles. The van der Waals surface area contributed by atoms with Gasteiger partial charge in [0.25, 0.3) is 0 Å². The Bertz CT molecular complexity index is 459. The Morgan fingerprint density at radius 1 is 1.24 bits per heavy atom. The van der Waals surface area contributed by atoms with Gasteiger partial charge in [-0.25, -0.2) is 0 Å². The Morgan fingerprint density at radius 2 is 1.95 bits per heavy atom. The maximum atomic E-state index is 10.0.